The van der Waals surface area contributed by atoms with Crippen LogP contribution in [0.2, 0.25) is 0 Å². The van der Waals surface area contributed by atoms with E-state index >= 15 is 0 Å². The van der Waals surface area contributed by atoms with E-state index in [0.717, 1.165) is 5.57 Å². The number of hydrogen-bond acceptors (Lipinski definition) is 7. The maximum absolute atomic E-state index is 13.8. The first-order valence-corrected chi connectivity index (χ1v) is 14.6. The van der Waals surface area contributed by atoms with Crippen LogP contribution in [0.25, 0.3) is 0 Å². The minimum absolute atomic E-state index is 0.0579. The SMILES string of the molecule is CC1=C[C@H]2C(=O)O[C@H]3C[C@@H](C/C=C(\C)[C@@H](O)[C@@H](C)/C=C/C=C(\C)[C@]2(O)CC1=O)O[C@@]1(C=C[C@H](C)[C@@H](C(C)C)O1)C3. The van der Waals surface area contributed by atoms with E-state index in [1.54, 1.807) is 26.0 Å². The molecular formula is C33H46O7. The van der Waals surface area contributed by atoms with Crippen LogP contribution in [0.15, 0.2) is 59.3 Å². The van der Waals surface area contributed by atoms with Crippen molar-refractivity contribution in [1.29, 1.82) is 0 Å². The van der Waals surface area contributed by atoms with E-state index < -0.39 is 35.5 Å². The molecule has 7 nitrogen and oxygen atoms in total. The van der Waals surface area contributed by atoms with E-state index in [4.69, 9.17) is 14.2 Å². The summed E-state index contributed by atoms with van der Waals surface area (Å²) in [5.41, 5.74) is 0.0366. The number of fused-ring (bicyclic) bond motifs is 3. The van der Waals surface area contributed by atoms with Crippen LogP contribution < -0.4 is 0 Å². The minimum atomic E-state index is -1.71. The number of rotatable bonds is 1. The van der Waals surface area contributed by atoms with E-state index in [9.17, 15) is 19.8 Å². The molecule has 0 saturated carbocycles. The van der Waals surface area contributed by atoms with Crippen LogP contribution in [-0.4, -0.2) is 57.8 Å². The maximum atomic E-state index is 13.8. The normalized spacial score (nSPS) is 44.6. The highest BCUT2D eigenvalue weighted by Crippen LogP contribution is 2.42. The van der Waals surface area contributed by atoms with Gasteiger partial charge in [-0.25, -0.2) is 0 Å². The van der Waals surface area contributed by atoms with Crippen LogP contribution in [0, 0.1) is 23.7 Å². The first kappa shape index (κ1) is 30.6. The lowest BCUT2D eigenvalue weighted by molar-refractivity contribution is -0.299. The number of aliphatic hydroxyl groups excluding tert-OH is 1. The summed E-state index contributed by atoms with van der Waals surface area (Å²) in [6.07, 6.45) is 12.4. The van der Waals surface area contributed by atoms with Crippen LogP contribution in [0.1, 0.15) is 74.1 Å². The van der Waals surface area contributed by atoms with E-state index in [1.165, 1.54) is 6.08 Å². The topological polar surface area (TPSA) is 102 Å². The molecule has 1 spiro atoms. The lowest BCUT2D eigenvalue weighted by Gasteiger charge is -2.48. The predicted octanol–water partition coefficient (Wildman–Crippen LogP) is 5.14. The van der Waals surface area contributed by atoms with Crippen molar-refractivity contribution in [2.75, 3.05) is 0 Å². The molecule has 7 heteroatoms. The highest BCUT2D eigenvalue weighted by Gasteiger charge is 2.50. The Morgan fingerprint density at radius 2 is 1.75 bits per heavy atom. The zero-order chi connectivity index (χ0) is 29.4. The van der Waals surface area contributed by atoms with Crippen LogP contribution in [0.4, 0.5) is 0 Å². The molecule has 1 aliphatic carbocycles. The zero-order valence-corrected chi connectivity index (χ0v) is 24.9. The predicted molar refractivity (Wildman–Crippen MR) is 153 cm³/mol. The number of hydrogen-bond donors (Lipinski definition) is 2. The monoisotopic (exact) mass is 554 g/mol. The van der Waals surface area contributed by atoms with Gasteiger partial charge in [0.2, 0.25) is 0 Å². The molecule has 3 aliphatic heterocycles. The molecule has 1 saturated heterocycles. The molecular weight excluding hydrogens is 508 g/mol. The van der Waals surface area contributed by atoms with Crippen molar-refractivity contribution >= 4 is 11.8 Å². The second-order valence-corrected chi connectivity index (χ2v) is 12.7. The summed E-state index contributed by atoms with van der Waals surface area (Å²) in [6.45, 7) is 13.6. The Kier molecular flexibility index (Phi) is 9.10. The third-order valence-electron chi connectivity index (χ3n) is 9.02. The number of ketones is 1. The van der Waals surface area contributed by atoms with Gasteiger partial charge in [-0.2, -0.15) is 0 Å². The highest BCUT2D eigenvalue weighted by molar-refractivity contribution is 5.99. The molecule has 1 fully saturated rings. The van der Waals surface area contributed by atoms with Gasteiger partial charge in [0.15, 0.2) is 11.6 Å². The van der Waals surface area contributed by atoms with Gasteiger partial charge in [-0.3, -0.25) is 9.59 Å². The Bertz CT molecular complexity index is 1140. The fourth-order valence-electron chi connectivity index (χ4n) is 6.36. The fourth-order valence-corrected chi connectivity index (χ4v) is 6.36. The van der Waals surface area contributed by atoms with Gasteiger partial charge >= 0.3 is 5.97 Å². The number of carbonyl (C=O) groups excluding carboxylic acids is 2. The second kappa shape index (κ2) is 11.9. The van der Waals surface area contributed by atoms with E-state index in [1.807, 2.05) is 32.1 Å². The van der Waals surface area contributed by atoms with Gasteiger partial charge in [-0.1, -0.05) is 64.2 Å². The Morgan fingerprint density at radius 1 is 1.02 bits per heavy atom. The van der Waals surface area contributed by atoms with Crippen molar-refractivity contribution < 1.29 is 34.0 Å². The van der Waals surface area contributed by atoms with Crippen molar-refractivity contribution in [3.05, 3.63) is 59.3 Å². The molecule has 0 aromatic carbocycles. The summed E-state index contributed by atoms with van der Waals surface area (Å²) in [6, 6.07) is 0. The summed E-state index contributed by atoms with van der Waals surface area (Å²) in [4.78, 5) is 26.4. The molecule has 3 heterocycles. The van der Waals surface area contributed by atoms with Gasteiger partial charge in [0.05, 0.1) is 18.3 Å². The second-order valence-electron chi connectivity index (χ2n) is 12.7. The highest BCUT2D eigenvalue weighted by atomic mass is 16.7. The van der Waals surface area contributed by atoms with Crippen molar-refractivity contribution in [2.45, 2.75) is 110 Å². The lowest BCUT2D eigenvalue weighted by atomic mass is 9.72. The summed E-state index contributed by atoms with van der Waals surface area (Å²) in [5, 5.41) is 22.8. The molecule has 0 unspecified atom stereocenters. The van der Waals surface area contributed by atoms with Crippen molar-refractivity contribution in [3.8, 4) is 0 Å². The molecule has 0 aromatic rings. The van der Waals surface area contributed by atoms with E-state index in [2.05, 4.69) is 26.8 Å². The Balaban J connectivity index is 1.75. The number of Topliss-reactive ketones (excluding diaryl/α,β-unsaturated/α-hetero) is 1. The lowest BCUT2D eigenvalue weighted by Crippen LogP contribution is -2.54. The van der Waals surface area contributed by atoms with Crippen molar-refractivity contribution in [1.82, 2.24) is 0 Å². The summed E-state index contributed by atoms with van der Waals surface area (Å²) in [5.74, 6) is -2.57. The first-order valence-electron chi connectivity index (χ1n) is 14.6. The molecule has 40 heavy (non-hydrogen) atoms. The Hall–Kier alpha value is -2.32. The molecule has 2 bridgehead atoms. The number of aliphatic hydroxyl groups is 2. The fraction of sp³-hybridized carbons (Fsp3) is 0.636. The molecule has 0 aromatic heterocycles. The van der Waals surface area contributed by atoms with Gasteiger partial charge < -0.3 is 24.4 Å². The van der Waals surface area contributed by atoms with Gasteiger partial charge in [-0.15, -0.1) is 0 Å². The molecule has 0 radical (unpaired) electrons. The summed E-state index contributed by atoms with van der Waals surface area (Å²) >= 11 is 0. The average molecular weight is 555 g/mol. The maximum Gasteiger partial charge on any atom is 0.316 e. The molecule has 220 valence electrons. The Labute approximate surface area is 238 Å². The standard InChI is InChI=1S/C33H46O7/c1-19(2)30-22(5)13-14-32(40-30)17-26-16-25(39-32)12-11-21(4)29(35)20(3)9-8-10-24(7)33(37)18-28(34)23(6)15-27(33)31(36)38-26/h8-11,13-15,19-20,22,25-27,29-30,35,37H,12,16-18H2,1-7H3/b9-8+,21-11+,24-10+/t20-,22-,25+,26-,27-,29-,30+,32+,33+/m0/s1. The van der Waals surface area contributed by atoms with E-state index in [0.29, 0.717) is 30.4 Å². The Morgan fingerprint density at radius 3 is 2.45 bits per heavy atom. The van der Waals surface area contributed by atoms with Crippen molar-refractivity contribution in [3.63, 3.8) is 0 Å². The van der Waals surface area contributed by atoms with Gasteiger partial charge in [-0.05, 0) is 55.9 Å². The van der Waals surface area contributed by atoms with Crippen LogP contribution in [0.3, 0.4) is 0 Å². The zero-order valence-electron chi connectivity index (χ0n) is 24.9. The summed E-state index contributed by atoms with van der Waals surface area (Å²) < 4.78 is 19.3. The quantitative estimate of drug-likeness (QED) is 0.342. The number of allylic oxidation sites excluding steroid dienone is 3. The largest absolute Gasteiger partial charge is 0.462 e. The number of ether oxygens (including phenoxy) is 3. The third kappa shape index (κ3) is 6.28. The number of carbonyl (C=O) groups is 2. The van der Waals surface area contributed by atoms with Gasteiger partial charge in [0, 0.05) is 31.1 Å². The van der Waals surface area contributed by atoms with Crippen LogP contribution >= 0.6 is 0 Å². The molecule has 9 atom stereocenters. The van der Waals surface area contributed by atoms with Gasteiger partial charge in [0.25, 0.3) is 0 Å². The third-order valence-corrected chi connectivity index (χ3v) is 9.02. The van der Waals surface area contributed by atoms with Crippen LogP contribution in [-0.2, 0) is 23.8 Å². The smallest absolute Gasteiger partial charge is 0.316 e. The van der Waals surface area contributed by atoms with Crippen molar-refractivity contribution in [2.24, 2.45) is 23.7 Å². The molecule has 4 rings (SSSR count). The first-order chi connectivity index (χ1) is 18.7. The van der Waals surface area contributed by atoms with Crippen LogP contribution in [0.5, 0.6) is 0 Å². The number of esters is 1. The molecule has 0 amide bonds. The molecule has 2 N–H and O–H groups in total. The van der Waals surface area contributed by atoms with E-state index in [-0.39, 0.29) is 42.2 Å². The molecule has 4 aliphatic rings. The van der Waals surface area contributed by atoms with Gasteiger partial charge in [0.1, 0.15) is 17.6 Å². The average Bonchev–Trinajstić information content (AvgIpc) is 2.89. The minimum Gasteiger partial charge on any atom is -0.462 e. The summed E-state index contributed by atoms with van der Waals surface area (Å²) in [7, 11) is 0.